The summed E-state index contributed by atoms with van der Waals surface area (Å²) < 4.78 is 40.6. The number of hydrogen-bond acceptors (Lipinski definition) is 4. The van der Waals surface area contributed by atoms with Crippen molar-refractivity contribution >= 4 is 11.7 Å². The van der Waals surface area contributed by atoms with E-state index in [0.717, 1.165) is 0 Å². The smallest absolute Gasteiger partial charge is 0.406 e. The van der Waals surface area contributed by atoms with Crippen molar-refractivity contribution in [3.05, 3.63) is 58.9 Å². The standard InChI is InChI=1S/C18H17F3N2O3/c1-11-6-14(9-15(23-11)7-12(2)24)17(25)22-10-13-4-3-5-16(8-13)26-18(19,20)21/h3-6,8-9H,7,10H2,1-2H3,(H,22,25). The van der Waals surface area contributed by atoms with E-state index >= 15 is 0 Å². The minimum Gasteiger partial charge on any atom is -0.406 e. The Morgan fingerprint density at radius 3 is 2.58 bits per heavy atom. The van der Waals surface area contributed by atoms with E-state index in [0.29, 0.717) is 22.5 Å². The van der Waals surface area contributed by atoms with Gasteiger partial charge in [-0.15, -0.1) is 13.2 Å². The molecule has 0 aliphatic heterocycles. The third-order valence-corrected chi connectivity index (χ3v) is 3.28. The van der Waals surface area contributed by atoms with Gasteiger partial charge in [0.2, 0.25) is 0 Å². The van der Waals surface area contributed by atoms with Crippen molar-refractivity contribution < 1.29 is 27.5 Å². The highest BCUT2D eigenvalue weighted by Gasteiger charge is 2.31. The fourth-order valence-electron chi connectivity index (χ4n) is 2.35. The lowest BCUT2D eigenvalue weighted by molar-refractivity contribution is -0.274. The number of ether oxygens (including phenoxy) is 1. The molecule has 0 unspecified atom stereocenters. The molecule has 0 aliphatic rings. The number of carbonyl (C=O) groups is 2. The number of rotatable bonds is 6. The molecule has 0 bridgehead atoms. The van der Waals surface area contributed by atoms with Gasteiger partial charge < -0.3 is 10.1 Å². The fourth-order valence-corrected chi connectivity index (χ4v) is 2.35. The number of alkyl halides is 3. The Hall–Kier alpha value is -2.90. The molecule has 0 radical (unpaired) electrons. The van der Waals surface area contributed by atoms with Crippen LogP contribution in [0.3, 0.4) is 0 Å². The lowest BCUT2D eigenvalue weighted by Crippen LogP contribution is -2.23. The van der Waals surface area contributed by atoms with Crippen molar-refractivity contribution in [2.24, 2.45) is 0 Å². The van der Waals surface area contributed by atoms with E-state index < -0.39 is 12.3 Å². The molecule has 1 amide bonds. The maximum atomic E-state index is 12.3. The van der Waals surface area contributed by atoms with Gasteiger partial charge >= 0.3 is 6.36 Å². The summed E-state index contributed by atoms with van der Waals surface area (Å²) in [5.41, 5.74) is 1.86. The first-order chi connectivity index (χ1) is 12.1. The van der Waals surface area contributed by atoms with Crippen LogP contribution in [0.15, 0.2) is 36.4 Å². The number of carbonyl (C=O) groups excluding carboxylic acids is 2. The Kier molecular flexibility index (Phi) is 5.97. The number of Topliss-reactive ketones (excluding diaryl/α,β-unsaturated/α-hetero) is 1. The van der Waals surface area contributed by atoms with E-state index in [1.54, 1.807) is 19.1 Å². The Bertz CT molecular complexity index is 820. The van der Waals surface area contributed by atoms with Crippen LogP contribution in [0, 0.1) is 6.92 Å². The van der Waals surface area contributed by atoms with E-state index in [2.05, 4.69) is 15.0 Å². The molecule has 0 saturated heterocycles. The van der Waals surface area contributed by atoms with Crippen molar-refractivity contribution in [1.29, 1.82) is 0 Å². The predicted molar refractivity (Wildman–Crippen MR) is 87.7 cm³/mol. The predicted octanol–water partition coefficient (Wildman–Crippen LogP) is 3.35. The van der Waals surface area contributed by atoms with Crippen LogP contribution in [-0.4, -0.2) is 23.0 Å². The Balaban J connectivity index is 2.06. The molecule has 0 atom stereocenters. The van der Waals surface area contributed by atoms with E-state index in [1.165, 1.54) is 31.2 Å². The summed E-state index contributed by atoms with van der Waals surface area (Å²) in [4.78, 5) is 27.7. The molecule has 1 heterocycles. The average molecular weight is 366 g/mol. The monoisotopic (exact) mass is 366 g/mol. The highest BCUT2D eigenvalue weighted by atomic mass is 19.4. The topological polar surface area (TPSA) is 68.3 Å². The molecule has 26 heavy (non-hydrogen) atoms. The third kappa shape index (κ3) is 6.19. The third-order valence-electron chi connectivity index (χ3n) is 3.28. The van der Waals surface area contributed by atoms with E-state index in [9.17, 15) is 22.8 Å². The van der Waals surface area contributed by atoms with E-state index in [1.807, 2.05) is 0 Å². The zero-order valence-corrected chi connectivity index (χ0v) is 14.2. The second-order valence-corrected chi connectivity index (χ2v) is 5.75. The number of aromatic nitrogens is 1. The molecule has 0 aliphatic carbocycles. The van der Waals surface area contributed by atoms with Gasteiger partial charge in [-0.1, -0.05) is 12.1 Å². The molecule has 5 nitrogen and oxygen atoms in total. The largest absolute Gasteiger partial charge is 0.573 e. The summed E-state index contributed by atoms with van der Waals surface area (Å²) in [5, 5.41) is 2.62. The minimum absolute atomic E-state index is 0.0251. The van der Waals surface area contributed by atoms with Crippen LogP contribution in [-0.2, 0) is 17.8 Å². The Morgan fingerprint density at radius 2 is 1.92 bits per heavy atom. The number of pyridine rings is 1. The number of nitrogens with zero attached hydrogens (tertiary/aromatic N) is 1. The quantitative estimate of drug-likeness (QED) is 0.851. The first kappa shape index (κ1) is 19.4. The van der Waals surface area contributed by atoms with Crippen molar-refractivity contribution in [3.63, 3.8) is 0 Å². The molecule has 0 spiro atoms. The highest BCUT2D eigenvalue weighted by Crippen LogP contribution is 2.23. The summed E-state index contributed by atoms with van der Waals surface area (Å²) in [6, 6.07) is 8.45. The fraction of sp³-hybridized carbons (Fsp3) is 0.278. The minimum atomic E-state index is -4.77. The van der Waals surface area contributed by atoms with E-state index in [4.69, 9.17) is 0 Å². The van der Waals surface area contributed by atoms with Crippen LogP contribution >= 0.6 is 0 Å². The molecule has 1 aromatic heterocycles. The van der Waals surface area contributed by atoms with Crippen LogP contribution in [0.25, 0.3) is 0 Å². The van der Waals surface area contributed by atoms with Crippen molar-refractivity contribution in [1.82, 2.24) is 10.3 Å². The first-order valence-electron chi connectivity index (χ1n) is 7.72. The van der Waals surface area contributed by atoms with Gasteiger partial charge in [0, 0.05) is 29.9 Å². The van der Waals surface area contributed by atoms with Gasteiger partial charge in [-0.25, -0.2) is 0 Å². The number of hydrogen-bond donors (Lipinski definition) is 1. The lowest BCUT2D eigenvalue weighted by atomic mass is 10.1. The van der Waals surface area contributed by atoms with Crippen molar-refractivity contribution in [2.45, 2.75) is 33.2 Å². The Labute approximate surface area is 148 Å². The van der Waals surface area contributed by atoms with Crippen LogP contribution in [0.4, 0.5) is 13.2 Å². The first-order valence-corrected chi connectivity index (χ1v) is 7.72. The average Bonchev–Trinajstić information content (AvgIpc) is 2.50. The Morgan fingerprint density at radius 1 is 1.19 bits per heavy atom. The lowest BCUT2D eigenvalue weighted by Gasteiger charge is -2.11. The normalized spacial score (nSPS) is 11.1. The zero-order chi connectivity index (χ0) is 19.3. The summed E-state index contributed by atoms with van der Waals surface area (Å²) in [6.07, 6.45) is -4.65. The van der Waals surface area contributed by atoms with Crippen molar-refractivity contribution in [3.8, 4) is 5.75 Å². The van der Waals surface area contributed by atoms with Gasteiger partial charge in [0.25, 0.3) is 5.91 Å². The van der Waals surface area contributed by atoms with Gasteiger partial charge in [-0.05, 0) is 43.7 Å². The molecule has 8 heteroatoms. The summed E-state index contributed by atoms with van der Waals surface area (Å²) in [5.74, 6) is -0.842. The molecule has 1 aromatic carbocycles. The van der Waals surface area contributed by atoms with Crippen LogP contribution in [0.2, 0.25) is 0 Å². The number of halogens is 3. The van der Waals surface area contributed by atoms with Crippen LogP contribution in [0.5, 0.6) is 5.75 Å². The molecule has 2 rings (SSSR count). The van der Waals surface area contributed by atoms with Gasteiger partial charge in [-0.2, -0.15) is 0 Å². The summed E-state index contributed by atoms with van der Waals surface area (Å²) in [6.45, 7) is 3.16. The van der Waals surface area contributed by atoms with Gasteiger partial charge in [-0.3, -0.25) is 14.6 Å². The van der Waals surface area contributed by atoms with Crippen molar-refractivity contribution in [2.75, 3.05) is 0 Å². The second kappa shape index (κ2) is 7.99. The molecular weight excluding hydrogens is 349 g/mol. The molecule has 1 N–H and O–H groups in total. The molecule has 2 aromatic rings. The van der Waals surface area contributed by atoms with Gasteiger partial charge in [0.15, 0.2) is 0 Å². The zero-order valence-electron chi connectivity index (χ0n) is 14.2. The maximum Gasteiger partial charge on any atom is 0.573 e. The van der Waals surface area contributed by atoms with Crippen LogP contribution in [0.1, 0.15) is 34.2 Å². The number of aryl methyl sites for hydroxylation is 1. The summed E-state index contributed by atoms with van der Waals surface area (Å²) in [7, 11) is 0. The number of nitrogens with one attached hydrogen (secondary N) is 1. The molecule has 138 valence electrons. The van der Waals surface area contributed by atoms with Gasteiger partial charge in [0.05, 0.1) is 0 Å². The molecular formula is C18H17F3N2O3. The molecule has 0 saturated carbocycles. The second-order valence-electron chi connectivity index (χ2n) is 5.75. The molecule has 0 fully saturated rings. The van der Waals surface area contributed by atoms with Crippen LogP contribution < -0.4 is 10.1 Å². The SMILES string of the molecule is CC(=O)Cc1cc(C(=O)NCc2cccc(OC(F)(F)F)c2)cc(C)n1. The van der Waals surface area contributed by atoms with E-state index in [-0.39, 0.29) is 24.5 Å². The highest BCUT2D eigenvalue weighted by molar-refractivity contribution is 5.94. The number of benzene rings is 1. The maximum absolute atomic E-state index is 12.3. The van der Waals surface area contributed by atoms with Gasteiger partial charge in [0.1, 0.15) is 11.5 Å². The number of amides is 1. The summed E-state index contributed by atoms with van der Waals surface area (Å²) >= 11 is 0. The number of ketones is 1.